The summed E-state index contributed by atoms with van der Waals surface area (Å²) in [4.78, 5) is 2.44. The Balaban J connectivity index is 0.000000810. The fourth-order valence-corrected chi connectivity index (χ4v) is 3.44. The molecule has 2 aliphatic rings. The highest BCUT2D eigenvalue weighted by Crippen LogP contribution is 2.41. The molecule has 18 heavy (non-hydrogen) atoms. The maximum atomic E-state index is 6.19. The SMILES string of the molecule is Cc1nnc(CN2C[C@H](C3CC3)[C@@H](N)C2)s1.Cl.Cl. The minimum absolute atomic E-state index is 0. The van der Waals surface area contributed by atoms with Gasteiger partial charge in [-0.15, -0.1) is 46.3 Å². The number of halogens is 2. The first-order chi connectivity index (χ1) is 7.72. The van der Waals surface area contributed by atoms with Crippen LogP contribution in [0.4, 0.5) is 0 Å². The van der Waals surface area contributed by atoms with E-state index in [1.807, 2.05) is 6.92 Å². The van der Waals surface area contributed by atoms with Gasteiger partial charge in [-0.2, -0.15) is 0 Å². The second-order valence-corrected chi connectivity index (χ2v) is 6.34. The van der Waals surface area contributed by atoms with Gasteiger partial charge in [-0.25, -0.2) is 0 Å². The van der Waals surface area contributed by atoms with Crippen LogP contribution in [0.3, 0.4) is 0 Å². The lowest BCUT2D eigenvalue weighted by Gasteiger charge is -2.13. The molecular weight excluding hydrogens is 291 g/mol. The third-order valence-corrected chi connectivity index (χ3v) is 4.47. The maximum Gasteiger partial charge on any atom is 0.131 e. The number of hydrogen-bond donors (Lipinski definition) is 1. The van der Waals surface area contributed by atoms with Crippen LogP contribution in [0, 0.1) is 18.8 Å². The Morgan fingerprint density at radius 1 is 1.28 bits per heavy atom. The molecule has 2 N–H and O–H groups in total. The van der Waals surface area contributed by atoms with Crippen molar-refractivity contribution in [1.82, 2.24) is 15.1 Å². The molecule has 1 saturated heterocycles. The van der Waals surface area contributed by atoms with Crippen LogP contribution in [0.25, 0.3) is 0 Å². The van der Waals surface area contributed by atoms with Crippen LogP contribution in [0.1, 0.15) is 22.9 Å². The minimum atomic E-state index is 0. The Morgan fingerprint density at radius 3 is 2.56 bits per heavy atom. The summed E-state index contributed by atoms with van der Waals surface area (Å²) in [5.74, 6) is 1.64. The lowest BCUT2D eigenvalue weighted by Crippen LogP contribution is -2.30. The van der Waals surface area contributed by atoms with Crippen LogP contribution >= 0.6 is 36.2 Å². The van der Waals surface area contributed by atoms with Gasteiger partial charge >= 0.3 is 0 Å². The average molecular weight is 311 g/mol. The molecule has 0 radical (unpaired) electrons. The minimum Gasteiger partial charge on any atom is -0.326 e. The normalized spacial score (nSPS) is 27.7. The summed E-state index contributed by atoms with van der Waals surface area (Å²) in [6, 6.07) is 0.376. The van der Waals surface area contributed by atoms with Gasteiger partial charge in [0.05, 0.1) is 6.54 Å². The topological polar surface area (TPSA) is 55.0 Å². The predicted molar refractivity (Wildman–Crippen MR) is 78.6 cm³/mol. The molecule has 1 aromatic heterocycles. The standard InChI is InChI=1S/C11H18N4S.2ClH/c1-7-13-14-11(16-7)6-15-4-9(8-2-3-8)10(12)5-15;;/h8-10H,2-6,12H2,1H3;2*1H/t9-,10+;;/m1../s1. The van der Waals surface area contributed by atoms with Crippen molar-refractivity contribution in [3.8, 4) is 0 Å². The van der Waals surface area contributed by atoms with Crippen LogP contribution < -0.4 is 5.73 Å². The summed E-state index contributed by atoms with van der Waals surface area (Å²) in [5, 5.41) is 10.4. The second-order valence-electron chi connectivity index (χ2n) is 5.07. The van der Waals surface area contributed by atoms with E-state index in [0.717, 1.165) is 41.5 Å². The first-order valence-corrected chi connectivity index (χ1v) is 6.81. The highest BCUT2D eigenvalue weighted by Gasteiger charge is 2.40. The van der Waals surface area contributed by atoms with Crippen LogP contribution in [-0.2, 0) is 6.54 Å². The Kier molecular flexibility index (Phi) is 5.80. The van der Waals surface area contributed by atoms with Crippen molar-refractivity contribution in [2.24, 2.45) is 17.6 Å². The van der Waals surface area contributed by atoms with Crippen molar-refractivity contribution in [2.45, 2.75) is 32.4 Å². The Bertz CT molecular complexity index is 383. The number of rotatable bonds is 3. The smallest absolute Gasteiger partial charge is 0.131 e. The summed E-state index contributed by atoms with van der Waals surface area (Å²) in [6.45, 7) is 5.12. The van der Waals surface area contributed by atoms with E-state index in [1.54, 1.807) is 11.3 Å². The molecule has 7 heteroatoms. The molecule has 0 spiro atoms. The van der Waals surface area contributed by atoms with Crippen LogP contribution in [0.5, 0.6) is 0 Å². The molecule has 0 aromatic carbocycles. The quantitative estimate of drug-likeness (QED) is 0.926. The van der Waals surface area contributed by atoms with E-state index in [0.29, 0.717) is 6.04 Å². The number of aryl methyl sites for hydroxylation is 1. The predicted octanol–water partition coefficient (Wildman–Crippen LogP) is 1.86. The maximum absolute atomic E-state index is 6.19. The second kappa shape index (κ2) is 6.48. The Morgan fingerprint density at radius 2 is 2.00 bits per heavy atom. The van der Waals surface area contributed by atoms with Gasteiger partial charge in [-0.3, -0.25) is 4.90 Å². The van der Waals surface area contributed by atoms with E-state index in [4.69, 9.17) is 5.73 Å². The van der Waals surface area contributed by atoms with Crippen molar-refractivity contribution in [2.75, 3.05) is 13.1 Å². The van der Waals surface area contributed by atoms with Gasteiger partial charge < -0.3 is 5.73 Å². The molecule has 2 heterocycles. The van der Waals surface area contributed by atoms with Crippen molar-refractivity contribution in [1.29, 1.82) is 0 Å². The molecule has 1 aliphatic carbocycles. The Hall–Kier alpha value is 0.0600. The third kappa shape index (κ3) is 3.54. The molecular formula is C11H20Cl2N4S. The Labute approximate surface area is 124 Å². The lowest BCUT2D eigenvalue weighted by molar-refractivity contribution is 0.308. The largest absolute Gasteiger partial charge is 0.326 e. The molecule has 2 atom stereocenters. The van der Waals surface area contributed by atoms with Gasteiger partial charge in [0.1, 0.15) is 10.0 Å². The van der Waals surface area contributed by atoms with Gasteiger partial charge in [0.2, 0.25) is 0 Å². The van der Waals surface area contributed by atoms with E-state index >= 15 is 0 Å². The number of hydrogen-bond acceptors (Lipinski definition) is 5. The summed E-state index contributed by atoms with van der Waals surface area (Å²) in [7, 11) is 0. The van der Waals surface area contributed by atoms with E-state index in [-0.39, 0.29) is 24.8 Å². The summed E-state index contributed by atoms with van der Waals surface area (Å²) in [5.41, 5.74) is 6.19. The lowest BCUT2D eigenvalue weighted by atomic mass is 9.99. The van der Waals surface area contributed by atoms with Crippen molar-refractivity contribution < 1.29 is 0 Å². The van der Waals surface area contributed by atoms with Gasteiger partial charge in [-0.05, 0) is 31.6 Å². The number of nitrogens with two attached hydrogens (primary N) is 1. The van der Waals surface area contributed by atoms with Crippen molar-refractivity contribution >= 4 is 36.2 Å². The van der Waals surface area contributed by atoms with Crippen LogP contribution in [-0.4, -0.2) is 34.2 Å². The molecule has 1 aromatic rings. The highest BCUT2D eigenvalue weighted by atomic mass is 35.5. The van der Waals surface area contributed by atoms with Gasteiger partial charge in [-0.1, -0.05) is 0 Å². The fraction of sp³-hybridized carbons (Fsp3) is 0.818. The van der Waals surface area contributed by atoms with Gasteiger partial charge in [0.25, 0.3) is 0 Å². The van der Waals surface area contributed by atoms with Crippen molar-refractivity contribution in [3.63, 3.8) is 0 Å². The number of aromatic nitrogens is 2. The van der Waals surface area contributed by atoms with E-state index in [1.165, 1.54) is 12.8 Å². The van der Waals surface area contributed by atoms with Crippen molar-refractivity contribution in [3.05, 3.63) is 10.0 Å². The van der Waals surface area contributed by atoms with Crippen LogP contribution in [0.2, 0.25) is 0 Å². The first-order valence-electron chi connectivity index (χ1n) is 5.99. The summed E-state index contributed by atoms with van der Waals surface area (Å²) < 4.78 is 0. The number of nitrogens with zero attached hydrogens (tertiary/aromatic N) is 3. The molecule has 0 amide bonds. The zero-order valence-corrected chi connectivity index (χ0v) is 12.9. The average Bonchev–Trinajstić information content (AvgIpc) is 2.91. The van der Waals surface area contributed by atoms with Gasteiger partial charge in [0, 0.05) is 19.1 Å². The molecule has 0 bridgehead atoms. The monoisotopic (exact) mass is 310 g/mol. The van der Waals surface area contributed by atoms with E-state index < -0.39 is 0 Å². The summed E-state index contributed by atoms with van der Waals surface area (Å²) >= 11 is 1.70. The molecule has 1 aliphatic heterocycles. The third-order valence-electron chi connectivity index (χ3n) is 3.64. The zero-order valence-electron chi connectivity index (χ0n) is 10.4. The molecule has 0 unspecified atom stereocenters. The van der Waals surface area contributed by atoms with Gasteiger partial charge in [0.15, 0.2) is 0 Å². The molecule has 104 valence electrons. The highest BCUT2D eigenvalue weighted by molar-refractivity contribution is 7.11. The van der Waals surface area contributed by atoms with Crippen LogP contribution in [0.15, 0.2) is 0 Å². The summed E-state index contributed by atoms with van der Waals surface area (Å²) in [6.07, 6.45) is 2.79. The van der Waals surface area contributed by atoms with E-state index in [2.05, 4.69) is 15.1 Å². The van der Waals surface area contributed by atoms with E-state index in [9.17, 15) is 0 Å². The first kappa shape index (κ1) is 16.1. The molecule has 1 saturated carbocycles. The molecule has 3 rings (SSSR count). The zero-order chi connectivity index (χ0) is 11.1. The fourth-order valence-electron chi connectivity index (χ4n) is 2.69. The molecule has 2 fully saturated rings. The number of likely N-dealkylation sites (tertiary alicyclic amines) is 1. The molecule has 4 nitrogen and oxygen atoms in total.